The summed E-state index contributed by atoms with van der Waals surface area (Å²) in [6.45, 7) is 5.04. The second-order valence-corrected chi connectivity index (χ2v) is 7.76. The Morgan fingerprint density at radius 2 is 1.89 bits per heavy atom. The molecule has 1 saturated heterocycles. The Labute approximate surface area is 168 Å². The average Bonchev–Trinajstić information content (AvgIpc) is 3.18. The number of amides is 2. The molecular formula is C23H31N3O2. The van der Waals surface area contributed by atoms with Gasteiger partial charge in [0.15, 0.2) is 0 Å². The summed E-state index contributed by atoms with van der Waals surface area (Å²) in [6, 6.07) is 16.4. The first-order chi connectivity index (χ1) is 13.5. The monoisotopic (exact) mass is 381 g/mol. The molecule has 0 spiro atoms. The smallest absolute Gasteiger partial charge is 0.321 e. The van der Waals surface area contributed by atoms with E-state index in [1.807, 2.05) is 31.1 Å². The fourth-order valence-corrected chi connectivity index (χ4v) is 3.40. The molecule has 28 heavy (non-hydrogen) atoms. The maximum Gasteiger partial charge on any atom is 0.321 e. The number of carbonyl (C=O) groups is 1. The van der Waals surface area contributed by atoms with Gasteiger partial charge in [0, 0.05) is 31.9 Å². The van der Waals surface area contributed by atoms with E-state index in [0.717, 1.165) is 37.2 Å². The molecule has 0 radical (unpaired) electrons. The minimum absolute atomic E-state index is 0.0688. The van der Waals surface area contributed by atoms with Crippen molar-refractivity contribution in [1.82, 2.24) is 9.80 Å². The fourth-order valence-electron chi connectivity index (χ4n) is 3.40. The third-order valence-corrected chi connectivity index (χ3v) is 5.04. The van der Waals surface area contributed by atoms with Gasteiger partial charge >= 0.3 is 6.03 Å². The third-order valence-electron chi connectivity index (χ3n) is 5.04. The van der Waals surface area contributed by atoms with E-state index in [-0.39, 0.29) is 12.1 Å². The van der Waals surface area contributed by atoms with E-state index >= 15 is 0 Å². The molecule has 1 N–H and O–H groups in total. The first kappa shape index (κ1) is 20.4. The van der Waals surface area contributed by atoms with Crippen molar-refractivity contribution in [3.05, 3.63) is 54.1 Å². The van der Waals surface area contributed by atoms with Crippen molar-refractivity contribution in [2.75, 3.05) is 45.7 Å². The highest BCUT2D eigenvalue weighted by Crippen LogP contribution is 2.22. The van der Waals surface area contributed by atoms with Gasteiger partial charge in [0.1, 0.15) is 0 Å². The Balaban J connectivity index is 1.64. The summed E-state index contributed by atoms with van der Waals surface area (Å²) < 4.78 is 5.73. The largest absolute Gasteiger partial charge is 0.376 e. The number of hydrogen-bond donors (Lipinski definition) is 1. The van der Waals surface area contributed by atoms with E-state index in [9.17, 15) is 4.79 Å². The molecule has 1 fully saturated rings. The van der Waals surface area contributed by atoms with Gasteiger partial charge in [0.05, 0.1) is 6.10 Å². The van der Waals surface area contributed by atoms with Crippen molar-refractivity contribution in [3.8, 4) is 11.1 Å². The standard InChI is InChI=1S/C23H31N3O2/c1-18-6-4-7-20(16-18)19-9-11-21(12-10-19)24-23(27)26(14-13-25(2)3)17-22-8-5-15-28-22/h4,6-7,9-12,16,22H,5,8,13-15,17H2,1-3H3,(H,24,27). The minimum atomic E-state index is -0.0688. The topological polar surface area (TPSA) is 44.8 Å². The molecule has 1 heterocycles. The molecule has 3 rings (SSSR count). The van der Waals surface area contributed by atoms with E-state index in [4.69, 9.17) is 4.74 Å². The number of nitrogens with one attached hydrogen (secondary N) is 1. The van der Waals surface area contributed by atoms with Crippen molar-refractivity contribution >= 4 is 11.7 Å². The minimum Gasteiger partial charge on any atom is -0.376 e. The first-order valence-corrected chi connectivity index (χ1v) is 10.0. The van der Waals surface area contributed by atoms with Crippen molar-refractivity contribution in [3.63, 3.8) is 0 Å². The molecule has 1 aliphatic rings. The van der Waals surface area contributed by atoms with Gasteiger partial charge in [0.2, 0.25) is 0 Å². The van der Waals surface area contributed by atoms with Crippen molar-refractivity contribution in [1.29, 1.82) is 0 Å². The number of ether oxygens (including phenoxy) is 1. The fraction of sp³-hybridized carbons (Fsp3) is 0.435. The normalized spacial score (nSPS) is 16.4. The lowest BCUT2D eigenvalue weighted by Crippen LogP contribution is -2.43. The summed E-state index contributed by atoms with van der Waals surface area (Å²) in [5.41, 5.74) is 4.37. The Kier molecular flexibility index (Phi) is 7.06. The van der Waals surface area contributed by atoms with Crippen LogP contribution in [0.4, 0.5) is 10.5 Å². The van der Waals surface area contributed by atoms with Gasteiger partial charge in [-0.05, 0) is 57.1 Å². The highest BCUT2D eigenvalue weighted by atomic mass is 16.5. The Morgan fingerprint density at radius 3 is 2.54 bits per heavy atom. The molecule has 2 aromatic carbocycles. The summed E-state index contributed by atoms with van der Waals surface area (Å²) in [4.78, 5) is 16.8. The Hall–Kier alpha value is -2.37. The van der Waals surface area contributed by atoms with E-state index in [1.54, 1.807) is 0 Å². The van der Waals surface area contributed by atoms with E-state index in [1.165, 1.54) is 11.1 Å². The van der Waals surface area contributed by atoms with Crippen molar-refractivity contribution < 1.29 is 9.53 Å². The SMILES string of the molecule is Cc1cccc(-c2ccc(NC(=O)N(CCN(C)C)CC3CCCO3)cc2)c1. The summed E-state index contributed by atoms with van der Waals surface area (Å²) in [5, 5.41) is 3.04. The van der Waals surface area contributed by atoms with Gasteiger partial charge < -0.3 is 19.9 Å². The van der Waals surface area contributed by atoms with Crippen LogP contribution in [0.25, 0.3) is 11.1 Å². The van der Waals surface area contributed by atoms with Crippen LogP contribution in [-0.2, 0) is 4.74 Å². The van der Waals surface area contributed by atoms with Crippen LogP contribution < -0.4 is 5.32 Å². The van der Waals surface area contributed by atoms with Gasteiger partial charge in [-0.25, -0.2) is 4.79 Å². The molecule has 1 atom stereocenters. The number of likely N-dealkylation sites (N-methyl/N-ethyl adjacent to an activating group) is 1. The molecule has 0 aromatic heterocycles. The number of rotatable bonds is 7. The number of aryl methyl sites for hydroxylation is 1. The molecule has 0 bridgehead atoms. The quantitative estimate of drug-likeness (QED) is 0.780. The zero-order chi connectivity index (χ0) is 19.9. The van der Waals surface area contributed by atoms with Gasteiger partial charge in [0.25, 0.3) is 0 Å². The van der Waals surface area contributed by atoms with Crippen LogP contribution in [0.5, 0.6) is 0 Å². The maximum atomic E-state index is 12.9. The van der Waals surface area contributed by atoms with E-state index in [2.05, 4.69) is 53.5 Å². The summed E-state index contributed by atoms with van der Waals surface area (Å²) in [6.07, 6.45) is 2.25. The number of carbonyl (C=O) groups excluding carboxylic acids is 1. The summed E-state index contributed by atoms with van der Waals surface area (Å²) in [5.74, 6) is 0. The molecular weight excluding hydrogens is 350 g/mol. The first-order valence-electron chi connectivity index (χ1n) is 10.0. The maximum absolute atomic E-state index is 12.9. The highest BCUT2D eigenvalue weighted by molar-refractivity contribution is 5.89. The molecule has 2 aromatic rings. The highest BCUT2D eigenvalue weighted by Gasteiger charge is 2.22. The molecule has 150 valence electrons. The van der Waals surface area contributed by atoms with Crippen LogP contribution in [0.3, 0.4) is 0 Å². The lowest BCUT2D eigenvalue weighted by molar-refractivity contribution is 0.0820. The van der Waals surface area contributed by atoms with Crippen LogP contribution in [0, 0.1) is 6.92 Å². The molecule has 1 unspecified atom stereocenters. The molecule has 5 nitrogen and oxygen atoms in total. The lowest BCUT2D eigenvalue weighted by Gasteiger charge is -2.27. The Morgan fingerprint density at radius 1 is 1.11 bits per heavy atom. The average molecular weight is 382 g/mol. The van der Waals surface area contributed by atoms with Gasteiger partial charge in [-0.2, -0.15) is 0 Å². The van der Waals surface area contributed by atoms with Crippen LogP contribution in [0.2, 0.25) is 0 Å². The zero-order valence-corrected chi connectivity index (χ0v) is 17.1. The summed E-state index contributed by atoms with van der Waals surface area (Å²) >= 11 is 0. The Bertz CT molecular complexity index is 768. The molecule has 2 amide bonds. The van der Waals surface area contributed by atoms with E-state index < -0.39 is 0 Å². The second-order valence-electron chi connectivity index (χ2n) is 7.76. The summed E-state index contributed by atoms with van der Waals surface area (Å²) in [7, 11) is 4.04. The van der Waals surface area contributed by atoms with Crippen LogP contribution in [0.1, 0.15) is 18.4 Å². The predicted octanol–water partition coefficient (Wildman–Crippen LogP) is 4.24. The van der Waals surface area contributed by atoms with Crippen LogP contribution >= 0.6 is 0 Å². The van der Waals surface area contributed by atoms with E-state index in [0.29, 0.717) is 13.1 Å². The van der Waals surface area contributed by atoms with Gasteiger partial charge in [-0.3, -0.25) is 0 Å². The number of nitrogens with zero attached hydrogens (tertiary/aromatic N) is 2. The number of anilines is 1. The lowest BCUT2D eigenvalue weighted by atomic mass is 10.0. The molecule has 0 saturated carbocycles. The molecule has 5 heteroatoms. The number of hydrogen-bond acceptors (Lipinski definition) is 3. The van der Waals surface area contributed by atoms with Crippen LogP contribution in [0.15, 0.2) is 48.5 Å². The molecule has 1 aliphatic heterocycles. The second kappa shape index (κ2) is 9.71. The zero-order valence-electron chi connectivity index (χ0n) is 17.1. The van der Waals surface area contributed by atoms with Gasteiger partial charge in [-0.15, -0.1) is 0 Å². The third kappa shape index (κ3) is 5.81. The predicted molar refractivity (Wildman–Crippen MR) is 115 cm³/mol. The number of urea groups is 1. The van der Waals surface area contributed by atoms with Gasteiger partial charge in [-0.1, -0.05) is 42.0 Å². The number of benzene rings is 2. The molecule has 0 aliphatic carbocycles. The van der Waals surface area contributed by atoms with Crippen molar-refractivity contribution in [2.24, 2.45) is 0 Å². The van der Waals surface area contributed by atoms with Crippen molar-refractivity contribution in [2.45, 2.75) is 25.9 Å². The van der Waals surface area contributed by atoms with Crippen LogP contribution in [-0.4, -0.2) is 62.3 Å².